The van der Waals surface area contributed by atoms with Crippen LogP contribution in [0, 0.1) is 0 Å². The lowest BCUT2D eigenvalue weighted by Crippen LogP contribution is -2.39. The van der Waals surface area contributed by atoms with Crippen molar-refractivity contribution in [3.8, 4) is 0 Å². The Balaban J connectivity index is 1.99. The molecule has 2 rings (SSSR count). The Labute approximate surface area is 182 Å². The van der Waals surface area contributed by atoms with Crippen LogP contribution in [0.5, 0.6) is 0 Å². The molecule has 0 saturated heterocycles. The molecular weight excluding hydrogens is 430 g/mol. The van der Waals surface area contributed by atoms with Crippen molar-refractivity contribution in [1.29, 1.82) is 0 Å². The number of carbonyl (C=O) groups is 2. The Morgan fingerprint density at radius 1 is 1.00 bits per heavy atom. The van der Waals surface area contributed by atoms with Crippen molar-refractivity contribution in [2.75, 3.05) is 6.54 Å². The summed E-state index contributed by atoms with van der Waals surface area (Å²) in [5, 5.41) is 0. The van der Waals surface area contributed by atoms with E-state index in [9.17, 15) is 9.59 Å². The van der Waals surface area contributed by atoms with E-state index in [1.165, 1.54) is 0 Å². The van der Waals surface area contributed by atoms with Gasteiger partial charge in [-0.1, -0.05) is 64.5 Å². The van der Waals surface area contributed by atoms with E-state index in [-0.39, 0.29) is 17.9 Å². The van der Waals surface area contributed by atoms with E-state index in [0.717, 1.165) is 16.5 Å². The molecule has 4 nitrogen and oxygen atoms in total. The van der Waals surface area contributed by atoms with E-state index in [0.29, 0.717) is 24.9 Å². The molecule has 1 amide bonds. The molecule has 0 N–H and O–H groups in total. The summed E-state index contributed by atoms with van der Waals surface area (Å²) in [5.41, 5.74) is 1.21. The third-order valence-corrected chi connectivity index (χ3v) is 5.30. The number of rotatable bonds is 8. The molecule has 0 aliphatic rings. The van der Waals surface area contributed by atoms with E-state index < -0.39 is 5.60 Å². The summed E-state index contributed by atoms with van der Waals surface area (Å²) in [5.74, 6) is 0.109. The van der Waals surface area contributed by atoms with Gasteiger partial charge in [0.15, 0.2) is 5.78 Å². The molecule has 2 aromatic carbocycles. The van der Waals surface area contributed by atoms with Gasteiger partial charge in [0, 0.05) is 23.0 Å². The zero-order chi connectivity index (χ0) is 21.4. The van der Waals surface area contributed by atoms with Crippen LogP contribution in [0.2, 0.25) is 0 Å². The minimum absolute atomic E-state index is 0.106. The second kappa shape index (κ2) is 10.6. The Kier molecular flexibility index (Phi) is 8.45. The summed E-state index contributed by atoms with van der Waals surface area (Å²) in [6, 6.07) is 17.3. The first-order chi connectivity index (χ1) is 13.7. The van der Waals surface area contributed by atoms with Gasteiger partial charge in [-0.05, 0) is 52.2 Å². The average Bonchev–Trinajstić information content (AvgIpc) is 2.67. The monoisotopic (exact) mass is 459 g/mol. The molecule has 0 aliphatic heterocycles. The summed E-state index contributed by atoms with van der Waals surface area (Å²) in [6.07, 6.45) is 1.56. The number of nitrogens with zero attached hydrogens (tertiary/aromatic N) is 1. The van der Waals surface area contributed by atoms with Crippen molar-refractivity contribution in [2.24, 2.45) is 0 Å². The van der Waals surface area contributed by atoms with Crippen molar-refractivity contribution in [3.63, 3.8) is 0 Å². The molecule has 0 heterocycles. The fraction of sp³-hybridized carbons (Fsp3) is 0.417. The van der Waals surface area contributed by atoms with Crippen molar-refractivity contribution < 1.29 is 14.3 Å². The molecule has 156 valence electrons. The van der Waals surface area contributed by atoms with Gasteiger partial charge >= 0.3 is 6.09 Å². The number of carbonyl (C=O) groups excluding carboxylic acids is 2. The number of Topliss-reactive ketones (excluding diaryl/α,β-unsaturated/α-hetero) is 1. The summed E-state index contributed by atoms with van der Waals surface area (Å²) < 4.78 is 6.44. The number of ether oxygens (including phenoxy) is 1. The fourth-order valence-corrected chi connectivity index (χ4v) is 3.57. The maximum Gasteiger partial charge on any atom is 0.410 e. The lowest BCUT2D eigenvalue weighted by Gasteiger charge is -2.32. The van der Waals surface area contributed by atoms with Crippen LogP contribution in [0.3, 0.4) is 0 Å². The summed E-state index contributed by atoms with van der Waals surface area (Å²) in [7, 11) is 0. The van der Waals surface area contributed by atoms with Gasteiger partial charge in [0.2, 0.25) is 0 Å². The van der Waals surface area contributed by atoms with Gasteiger partial charge in [0.05, 0.1) is 6.04 Å². The number of unbranched alkanes of at least 4 members (excludes halogenated alkanes) is 1. The predicted octanol–water partition coefficient (Wildman–Crippen LogP) is 6.80. The van der Waals surface area contributed by atoms with Crippen LogP contribution in [0.4, 0.5) is 4.79 Å². The lowest BCUT2D eigenvalue weighted by atomic mass is 10.0. The normalized spacial score (nSPS) is 12.3. The molecule has 0 fully saturated rings. The highest BCUT2D eigenvalue weighted by atomic mass is 79.9. The molecule has 1 atom stereocenters. The molecule has 0 radical (unpaired) electrons. The van der Waals surface area contributed by atoms with Gasteiger partial charge in [0.1, 0.15) is 5.60 Å². The topological polar surface area (TPSA) is 46.6 Å². The smallest absolute Gasteiger partial charge is 0.410 e. The molecule has 0 aliphatic carbocycles. The Morgan fingerprint density at radius 2 is 1.62 bits per heavy atom. The molecule has 2 aromatic rings. The first-order valence-corrected chi connectivity index (χ1v) is 10.8. The van der Waals surface area contributed by atoms with Gasteiger partial charge in [-0.15, -0.1) is 0 Å². The number of halogens is 1. The minimum Gasteiger partial charge on any atom is -0.444 e. The molecular formula is C24H30BrNO3. The zero-order valence-electron chi connectivity index (χ0n) is 17.7. The van der Waals surface area contributed by atoms with Crippen molar-refractivity contribution in [1.82, 2.24) is 4.90 Å². The van der Waals surface area contributed by atoms with Crippen molar-refractivity contribution in [2.45, 2.75) is 58.6 Å². The minimum atomic E-state index is -0.554. The Morgan fingerprint density at radius 3 is 2.24 bits per heavy atom. The van der Waals surface area contributed by atoms with E-state index in [2.05, 4.69) is 15.9 Å². The number of amides is 1. The van der Waals surface area contributed by atoms with Crippen LogP contribution < -0.4 is 0 Å². The van der Waals surface area contributed by atoms with E-state index in [1.807, 2.05) is 82.3 Å². The van der Waals surface area contributed by atoms with E-state index in [1.54, 1.807) is 4.90 Å². The molecule has 5 heteroatoms. The van der Waals surface area contributed by atoms with Crippen LogP contribution in [0.15, 0.2) is 59.1 Å². The fourth-order valence-electron chi connectivity index (χ4n) is 3.06. The molecule has 29 heavy (non-hydrogen) atoms. The van der Waals surface area contributed by atoms with Crippen LogP contribution in [0.1, 0.15) is 68.9 Å². The highest BCUT2D eigenvalue weighted by Gasteiger charge is 2.26. The van der Waals surface area contributed by atoms with Crippen molar-refractivity contribution in [3.05, 3.63) is 70.2 Å². The third kappa shape index (κ3) is 7.32. The van der Waals surface area contributed by atoms with Gasteiger partial charge in [-0.25, -0.2) is 4.79 Å². The summed E-state index contributed by atoms with van der Waals surface area (Å²) >= 11 is 3.43. The number of hydrogen-bond acceptors (Lipinski definition) is 3. The van der Waals surface area contributed by atoms with Crippen LogP contribution in [0.25, 0.3) is 0 Å². The maximum absolute atomic E-state index is 12.8. The molecule has 0 aromatic heterocycles. The first-order valence-electron chi connectivity index (χ1n) is 10.0. The Hall–Kier alpha value is -2.14. The average molecular weight is 460 g/mol. The number of benzene rings is 2. The first kappa shape index (κ1) is 23.1. The number of ketones is 1. The largest absolute Gasteiger partial charge is 0.444 e. The molecule has 0 bridgehead atoms. The van der Waals surface area contributed by atoms with Gasteiger partial charge < -0.3 is 9.64 Å². The summed E-state index contributed by atoms with van der Waals surface area (Å²) in [6.45, 7) is 8.14. The van der Waals surface area contributed by atoms with Crippen LogP contribution in [-0.4, -0.2) is 28.9 Å². The quantitative estimate of drug-likeness (QED) is 0.322. The number of hydrogen-bond donors (Lipinski definition) is 0. The van der Waals surface area contributed by atoms with Gasteiger partial charge in [-0.3, -0.25) is 4.79 Å². The molecule has 0 unspecified atom stereocenters. The predicted molar refractivity (Wildman–Crippen MR) is 120 cm³/mol. The highest BCUT2D eigenvalue weighted by molar-refractivity contribution is 9.10. The second-order valence-corrected chi connectivity index (χ2v) is 8.97. The van der Waals surface area contributed by atoms with Crippen LogP contribution >= 0.6 is 15.9 Å². The van der Waals surface area contributed by atoms with Crippen LogP contribution in [-0.2, 0) is 4.74 Å². The zero-order valence-corrected chi connectivity index (χ0v) is 19.2. The van der Waals surface area contributed by atoms with Gasteiger partial charge in [-0.2, -0.15) is 0 Å². The highest BCUT2D eigenvalue weighted by Crippen LogP contribution is 2.24. The summed E-state index contributed by atoms with van der Waals surface area (Å²) in [4.78, 5) is 27.0. The second-order valence-electron chi connectivity index (χ2n) is 8.12. The third-order valence-electron chi connectivity index (χ3n) is 4.60. The van der Waals surface area contributed by atoms with Gasteiger partial charge in [0.25, 0.3) is 0 Å². The standard InChI is InChI=1S/C24H30BrNO3/c1-18(19-12-6-5-7-13-19)26(23(28)29-24(2,3)4)17-11-10-16-22(27)20-14-8-9-15-21(20)25/h5-9,12-15,18H,10-11,16-17H2,1-4H3/t18-/m1/s1. The molecule has 0 spiro atoms. The van der Waals surface area contributed by atoms with E-state index in [4.69, 9.17) is 4.74 Å². The van der Waals surface area contributed by atoms with Crippen molar-refractivity contribution >= 4 is 27.8 Å². The Bertz CT molecular complexity index is 814. The molecule has 0 saturated carbocycles. The van der Waals surface area contributed by atoms with E-state index >= 15 is 0 Å². The SMILES string of the molecule is C[C@H](c1ccccc1)N(CCCCC(=O)c1ccccc1Br)C(=O)OC(C)(C)C. The lowest BCUT2D eigenvalue weighted by molar-refractivity contribution is 0.0170. The maximum atomic E-state index is 12.8.